The maximum absolute atomic E-state index is 13.2. The third kappa shape index (κ3) is 1.98. The fourth-order valence-electron chi connectivity index (χ4n) is 3.64. The molecule has 2 aliphatic rings. The zero-order valence-corrected chi connectivity index (χ0v) is 14.0. The Labute approximate surface area is 139 Å². The van der Waals surface area contributed by atoms with Crippen LogP contribution in [-0.4, -0.2) is 14.8 Å². The van der Waals surface area contributed by atoms with Crippen LogP contribution in [0.25, 0.3) is 11.3 Å². The number of hydrogen-bond donors (Lipinski definition) is 0. The lowest BCUT2D eigenvalue weighted by molar-refractivity contribution is 0.430. The average molecular weight is 323 g/mol. The van der Waals surface area contributed by atoms with E-state index < -0.39 is 0 Å². The summed E-state index contributed by atoms with van der Waals surface area (Å²) < 4.78 is 1.69. The third-order valence-electron chi connectivity index (χ3n) is 5.11. The van der Waals surface area contributed by atoms with E-state index in [-0.39, 0.29) is 16.2 Å². The van der Waals surface area contributed by atoms with Gasteiger partial charge in [-0.2, -0.15) is 5.26 Å². The summed E-state index contributed by atoms with van der Waals surface area (Å²) in [7, 11) is 0. The highest BCUT2D eigenvalue weighted by molar-refractivity contribution is 8.00. The number of aromatic nitrogens is 2. The third-order valence-corrected chi connectivity index (χ3v) is 6.17. The quantitative estimate of drug-likeness (QED) is 0.757. The predicted molar refractivity (Wildman–Crippen MR) is 90.5 cm³/mol. The number of hydrogen-bond acceptors (Lipinski definition) is 4. The summed E-state index contributed by atoms with van der Waals surface area (Å²) in [5.41, 5.74) is 3.79. The van der Waals surface area contributed by atoms with Crippen molar-refractivity contribution in [3.63, 3.8) is 0 Å². The number of rotatable bonds is 1. The molecule has 1 aromatic heterocycles. The zero-order valence-electron chi connectivity index (χ0n) is 13.2. The largest absolute Gasteiger partial charge is 0.285 e. The second kappa shape index (κ2) is 4.97. The average Bonchev–Trinajstić information content (AvgIpc) is 2.98. The minimum Gasteiger partial charge on any atom is -0.285 e. The fourth-order valence-corrected chi connectivity index (χ4v) is 4.60. The smallest absolute Gasteiger partial charge is 0.258 e. The molecule has 4 nitrogen and oxygen atoms in total. The Bertz CT molecular complexity index is 911. The van der Waals surface area contributed by atoms with Crippen molar-refractivity contribution in [2.75, 3.05) is 0 Å². The van der Waals surface area contributed by atoms with Gasteiger partial charge in [-0.3, -0.25) is 9.36 Å². The summed E-state index contributed by atoms with van der Waals surface area (Å²) in [6.07, 6.45) is 1.75. The maximum atomic E-state index is 13.2. The van der Waals surface area contributed by atoms with Crippen LogP contribution in [0.2, 0.25) is 0 Å². The Morgan fingerprint density at radius 3 is 3.00 bits per heavy atom. The highest BCUT2D eigenvalue weighted by atomic mass is 32.2. The molecule has 0 unspecified atom stereocenters. The van der Waals surface area contributed by atoms with Crippen LogP contribution in [0, 0.1) is 11.3 Å². The molecule has 2 atom stereocenters. The summed E-state index contributed by atoms with van der Waals surface area (Å²) in [5.74, 6) is 0. The molecule has 0 radical (unpaired) electrons. The van der Waals surface area contributed by atoms with Crippen LogP contribution in [0.5, 0.6) is 0 Å². The normalized spacial score (nSPS) is 24.5. The van der Waals surface area contributed by atoms with E-state index in [0.717, 1.165) is 29.7 Å². The van der Waals surface area contributed by atoms with Crippen LogP contribution < -0.4 is 5.56 Å². The molecule has 1 aromatic carbocycles. The number of nitriles is 1. The summed E-state index contributed by atoms with van der Waals surface area (Å²) in [6.45, 7) is 4.72. The standard InChI is InChI=1S/C18H17N3OS/c1-3-18(2)8-11-6-4-5-7-13(11)15-14(18)16(22)21-10-12(9-19)23-17(21)20-15/h4-7,12H,3,8,10H2,1-2H3/t12-,18-/m0/s1. The molecule has 0 saturated heterocycles. The minimum atomic E-state index is -0.220. The highest BCUT2D eigenvalue weighted by Gasteiger charge is 2.39. The van der Waals surface area contributed by atoms with Crippen LogP contribution in [0.3, 0.4) is 0 Å². The van der Waals surface area contributed by atoms with Crippen molar-refractivity contribution >= 4 is 11.8 Å². The van der Waals surface area contributed by atoms with E-state index in [4.69, 9.17) is 4.98 Å². The first-order valence-electron chi connectivity index (χ1n) is 7.87. The van der Waals surface area contributed by atoms with E-state index >= 15 is 0 Å². The molecule has 0 spiro atoms. The first-order valence-corrected chi connectivity index (χ1v) is 8.75. The van der Waals surface area contributed by atoms with Gasteiger partial charge in [-0.05, 0) is 18.4 Å². The van der Waals surface area contributed by atoms with Crippen molar-refractivity contribution in [3.05, 3.63) is 45.7 Å². The second-order valence-electron chi connectivity index (χ2n) is 6.52. The molecule has 116 valence electrons. The number of nitrogens with zero attached hydrogens (tertiary/aromatic N) is 3. The van der Waals surface area contributed by atoms with E-state index in [1.807, 2.05) is 18.2 Å². The molecule has 1 aliphatic heterocycles. The van der Waals surface area contributed by atoms with E-state index in [1.165, 1.54) is 17.3 Å². The number of fused-ring (bicyclic) bond motifs is 4. The summed E-state index contributed by atoms with van der Waals surface area (Å²) in [6, 6.07) is 10.5. The molecule has 2 heterocycles. The molecule has 23 heavy (non-hydrogen) atoms. The Morgan fingerprint density at radius 2 is 2.26 bits per heavy atom. The molecule has 1 aliphatic carbocycles. The first-order chi connectivity index (χ1) is 11.1. The van der Waals surface area contributed by atoms with Crippen LogP contribution in [0.1, 0.15) is 31.4 Å². The van der Waals surface area contributed by atoms with Gasteiger partial charge in [0.2, 0.25) is 0 Å². The molecule has 2 aromatic rings. The summed E-state index contributed by atoms with van der Waals surface area (Å²) >= 11 is 1.40. The Kier molecular flexibility index (Phi) is 3.14. The number of benzene rings is 1. The van der Waals surface area contributed by atoms with Crippen molar-refractivity contribution in [1.82, 2.24) is 9.55 Å². The van der Waals surface area contributed by atoms with Crippen molar-refractivity contribution in [2.45, 2.75) is 49.1 Å². The lowest BCUT2D eigenvalue weighted by Crippen LogP contribution is -2.39. The van der Waals surface area contributed by atoms with Gasteiger partial charge in [0.1, 0.15) is 5.25 Å². The lowest BCUT2D eigenvalue weighted by atomic mass is 9.69. The topological polar surface area (TPSA) is 58.7 Å². The summed E-state index contributed by atoms with van der Waals surface area (Å²) in [4.78, 5) is 18.0. The van der Waals surface area contributed by atoms with Gasteiger partial charge in [-0.15, -0.1) is 0 Å². The van der Waals surface area contributed by atoms with Crippen molar-refractivity contribution in [1.29, 1.82) is 5.26 Å². The van der Waals surface area contributed by atoms with Crippen LogP contribution in [0.4, 0.5) is 0 Å². The predicted octanol–water partition coefficient (Wildman–Crippen LogP) is 3.13. The zero-order chi connectivity index (χ0) is 16.2. The van der Waals surface area contributed by atoms with E-state index in [0.29, 0.717) is 11.7 Å². The van der Waals surface area contributed by atoms with Gasteiger partial charge in [-0.1, -0.05) is 49.9 Å². The molecule has 4 rings (SSSR count). The second-order valence-corrected chi connectivity index (χ2v) is 7.69. The van der Waals surface area contributed by atoms with Gasteiger partial charge in [0.05, 0.1) is 23.9 Å². The monoisotopic (exact) mass is 323 g/mol. The van der Waals surface area contributed by atoms with Gasteiger partial charge in [0.15, 0.2) is 5.16 Å². The Balaban J connectivity index is 2.05. The molecule has 0 amide bonds. The van der Waals surface area contributed by atoms with Gasteiger partial charge < -0.3 is 0 Å². The Hall–Kier alpha value is -2.06. The highest BCUT2D eigenvalue weighted by Crippen LogP contribution is 2.43. The van der Waals surface area contributed by atoms with Crippen molar-refractivity contribution < 1.29 is 0 Å². The van der Waals surface area contributed by atoms with Gasteiger partial charge in [0, 0.05) is 11.0 Å². The molecular formula is C18H17N3OS. The van der Waals surface area contributed by atoms with Crippen LogP contribution >= 0.6 is 11.8 Å². The Morgan fingerprint density at radius 1 is 1.48 bits per heavy atom. The molecule has 0 N–H and O–H groups in total. The van der Waals surface area contributed by atoms with E-state index in [2.05, 4.69) is 26.0 Å². The molecule has 0 fully saturated rings. The van der Waals surface area contributed by atoms with E-state index in [1.54, 1.807) is 4.57 Å². The summed E-state index contributed by atoms with van der Waals surface area (Å²) in [5, 5.41) is 9.64. The van der Waals surface area contributed by atoms with Crippen LogP contribution in [-0.2, 0) is 18.4 Å². The van der Waals surface area contributed by atoms with Crippen molar-refractivity contribution in [2.24, 2.45) is 0 Å². The lowest BCUT2D eigenvalue weighted by Gasteiger charge is -2.35. The first kappa shape index (κ1) is 14.5. The molecular weight excluding hydrogens is 306 g/mol. The van der Waals surface area contributed by atoms with Gasteiger partial charge >= 0.3 is 0 Å². The molecule has 5 heteroatoms. The van der Waals surface area contributed by atoms with Crippen molar-refractivity contribution in [3.8, 4) is 17.3 Å². The minimum absolute atomic E-state index is 0.0362. The molecule has 0 saturated carbocycles. The number of thioether (sulfide) groups is 1. The van der Waals surface area contributed by atoms with E-state index in [9.17, 15) is 10.1 Å². The SMILES string of the molecule is CC[C@@]1(C)Cc2ccccc2-c2nc3n(c(=O)c21)C[C@H](C#N)S3. The fraction of sp³-hybridized carbons (Fsp3) is 0.389. The molecule has 0 bridgehead atoms. The maximum Gasteiger partial charge on any atom is 0.258 e. The van der Waals surface area contributed by atoms with Crippen LogP contribution in [0.15, 0.2) is 34.2 Å². The van der Waals surface area contributed by atoms with Gasteiger partial charge in [-0.25, -0.2) is 4.98 Å². The van der Waals surface area contributed by atoms with Gasteiger partial charge in [0.25, 0.3) is 5.56 Å².